The standard InChI is InChI=1S/C24H39N5.2C2H6/c1-7-9-20(8-2)18(4)19(5)27-10-11-29(6)23-16-26-15-21(23)14-22-12-17(3)13-24(25)28-22;2*1-2/h7-9,12-13,18-19,21,23,26-27H,1-2,10-11,14-16H2,3-6H3,(H2,25,28);2*1-2H3/b20-9+;;. The van der Waals surface area contributed by atoms with Crippen molar-refractivity contribution in [1.82, 2.24) is 20.5 Å². The molecular weight excluding hydrogens is 406 g/mol. The van der Waals surface area contributed by atoms with Crippen LogP contribution in [0.4, 0.5) is 5.82 Å². The van der Waals surface area contributed by atoms with Gasteiger partial charge >= 0.3 is 0 Å². The lowest BCUT2D eigenvalue weighted by atomic mass is 9.93. The summed E-state index contributed by atoms with van der Waals surface area (Å²) in [6.45, 7) is 26.3. The fraction of sp³-hybridized carbons (Fsp3) is 0.607. The fourth-order valence-corrected chi connectivity index (χ4v) is 4.23. The zero-order valence-corrected chi connectivity index (χ0v) is 22.6. The number of aryl methyl sites for hydroxylation is 1. The molecule has 0 spiro atoms. The van der Waals surface area contributed by atoms with Crippen molar-refractivity contribution in [1.29, 1.82) is 0 Å². The third kappa shape index (κ3) is 10.7. The Morgan fingerprint density at radius 3 is 2.48 bits per heavy atom. The predicted octanol–water partition coefficient (Wildman–Crippen LogP) is 5.00. The summed E-state index contributed by atoms with van der Waals surface area (Å²) in [5.41, 5.74) is 9.44. The number of nitrogens with zero attached hydrogens (tertiary/aromatic N) is 2. The van der Waals surface area contributed by atoms with Crippen molar-refractivity contribution >= 4 is 5.82 Å². The first-order chi connectivity index (χ1) is 15.8. The summed E-state index contributed by atoms with van der Waals surface area (Å²) in [5.74, 6) is 1.56. The monoisotopic (exact) mass is 457 g/mol. The number of rotatable bonds is 11. The highest BCUT2D eigenvalue weighted by Crippen LogP contribution is 2.20. The van der Waals surface area contributed by atoms with Gasteiger partial charge < -0.3 is 21.3 Å². The summed E-state index contributed by atoms with van der Waals surface area (Å²) in [4.78, 5) is 7.01. The number of allylic oxidation sites excluding steroid dienone is 3. The van der Waals surface area contributed by atoms with Gasteiger partial charge in [0.2, 0.25) is 0 Å². The highest BCUT2D eigenvalue weighted by Gasteiger charge is 2.30. The second-order valence-corrected chi connectivity index (χ2v) is 8.37. The second-order valence-electron chi connectivity index (χ2n) is 8.37. The summed E-state index contributed by atoms with van der Waals surface area (Å²) in [5, 5.41) is 7.23. The Balaban J connectivity index is 0.00000242. The van der Waals surface area contributed by atoms with Gasteiger partial charge in [-0.05, 0) is 69.0 Å². The summed E-state index contributed by atoms with van der Waals surface area (Å²) in [7, 11) is 2.23. The molecule has 1 saturated heterocycles. The third-order valence-corrected chi connectivity index (χ3v) is 6.14. The lowest BCUT2D eigenvalue weighted by Gasteiger charge is -2.30. The van der Waals surface area contributed by atoms with E-state index >= 15 is 0 Å². The van der Waals surface area contributed by atoms with Gasteiger partial charge in [0.15, 0.2) is 0 Å². The zero-order valence-electron chi connectivity index (χ0n) is 22.6. The van der Waals surface area contributed by atoms with E-state index in [2.05, 4.69) is 67.6 Å². The van der Waals surface area contributed by atoms with E-state index in [1.807, 2.05) is 52.0 Å². The van der Waals surface area contributed by atoms with Crippen LogP contribution in [0.25, 0.3) is 0 Å². The molecule has 33 heavy (non-hydrogen) atoms. The minimum Gasteiger partial charge on any atom is -0.384 e. The first-order valence-corrected chi connectivity index (χ1v) is 12.7. The molecule has 5 heteroatoms. The summed E-state index contributed by atoms with van der Waals surface area (Å²) >= 11 is 0. The number of aromatic nitrogens is 1. The van der Waals surface area contributed by atoms with Gasteiger partial charge in [0.05, 0.1) is 0 Å². The first-order valence-electron chi connectivity index (χ1n) is 12.7. The molecule has 188 valence electrons. The number of nitrogens with two attached hydrogens (primary N) is 1. The average molecular weight is 458 g/mol. The summed E-state index contributed by atoms with van der Waals surface area (Å²) < 4.78 is 0. The maximum Gasteiger partial charge on any atom is 0.123 e. The van der Waals surface area contributed by atoms with E-state index in [4.69, 9.17) is 5.73 Å². The van der Waals surface area contributed by atoms with Crippen molar-refractivity contribution in [2.45, 2.75) is 67.0 Å². The molecule has 2 rings (SSSR count). The Bertz CT molecular complexity index is 692. The predicted molar refractivity (Wildman–Crippen MR) is 148 cm³/mol. The molecule has 4 N–H and O–H groups in total. The number of hydrogen-bond acceptors (Lipinski definition) is 5. The van der Waals surface area contributed by atoms with Crippen molar-refractivity contribution in [2.75, 3.05) is 39.0 Å². The molecule has 0 saturated carbocycles. The van der Waals surface area contributed by atoms with Crippen LogP contribution in [0.15, 0.2) is 49.1 Å². The number of likely N-dealkylation sites (N-methyl/N-ethyl adjacent to an activating group) is 1. The van der Waals surface area contributed by atoms with E-state index in [9.17, 15) is 0 Å². The first kappa shape index (κ1) is 31.0. The molecule has 0 radical (unpaired) electrons. The second kappa shape index (κ2) is 17.5. The van der Waals surface area contributed by atoms with Crippen molar-refractivity contribution in [3.63, 3.8) is 0 Å². The highest BCUT2D eigenvalue weighted by molar-refractivity contribution is 5.34. The Morgan fingerprint density at radius 2 is 1.91 bits per heavy atom. The van der Waals surface area contributed by atoms with Crippen LogP contribution in [-0.4, -0.2) is 55.2 Å². The van der Waals surface area contributed by atoms with Crippen LogP contribution in [0.1, 0.15) is 52.8 Å². The summed E-state index contributed by atoms with van der Waals surface area (Å²) in [6, 6.07) is 4.97. The molecule has 1 aliphatic heterocycles. The maximum atomic E-state index is 5.94. The maximum absolute atomic E-state index is 5.94. The van der Waals surface area contributed by atoms with Crippen LogP contribution in [0.2, 0.25) is 0 Å². The van der Waals surface area contributed by atoms with E-state index in [0.29, 0.717) is 29.7 Å². The van der Waals surface area contributed by atoms with Gasteiger partial charge in [0, 0.05) is 37.4 Å². The van der Waals surface area contributed by atoms with Gasteiger partial charge in [-0.15, -0.1) is 0 Å². The number of nitrogens with one attached hydrogen (secondary N) is 2. The van der Waals surface area contributed by atoms with Crippen molar-refractivity contribution in [2.24, 2.45) is 11.8 Å². The van der Waals surface area contributed by atoms with Crippen molar-refractivity contribution < 1.29 is 0 Å². The van der Waals surface area contributed by atoms with Gasteiger partial charge in [-0.3, -0.25) is 0 Å². The minimum absolute atomic E-state index is 0.379. The number of hydrogen-bond donors (Lipinski definition) is 3. The van der Waals surface area contributed by atoms with Crippen LogP contribution < -0.4 is 16.4 Å². The molecule has 4 atom stereocenters. The van der Waals surface area contributed by atoms with Crippen LogP contribution in [-0.2, 0) is 6.42 Å². The number of anilines is 1. The Morgan fingerprint density at radius 1 is 1.24 bits per heavy atom. The van der Waals surface area contributed by atoms with Crippen molar-refractivity contribution in [3.8, 4) is 0 Å². The molecule has 0 aliphatic carbocycles. The largest absolute Gasteiger partial charge is 0.384 e. The fourth-order valence-electron chi connectivity index (χ4n) is 4.23. The van der Waals surface area contributed by atoms with E-state index in [-0.39, 0.29) is 0 Å². The van der Waals surface area contributed by atoms with Gasteiger partial charge in [-0.1, -0.05) is 66.0 Å². The quantitative estimate of drug-likeness (QED) is 0.408. The smallest absolute Gasteiger partial charge is 0.123 e. The van der Waals surface area contributed by atoms with Crippen LogP contribution in [0.3, 0.4) is 0 Å². The highest BCUT2D eigenvalue weighted by atomic mass is 15.2. The Kier molecular flexibility index (Phi) is 16.5. The van der Waals surface area contributed by atoms with E-state index in [1.54, 1.807) is 0 Å². The van der Waals surface area contributed by atoms with Gasteiger partial charge in [0.1, 0.15) is 5.82 Å². The Hall–Kier alpha value is -1.95. The molecule has 2 heterocycles. The third-order valence-electron chi connectivity index (χ3n) is 6.14. The molecular formula is C28H51N5. The Labute approximate surface area is 204 Å². The lowest BCUT2D eigenvalue weighted by Crippen LogP contribution is -2.44. The van der Waals surface area contributed by atoms with Gasteiger partial charge in [0.25, 0.3) is 0 Å². The lowest BCUT2D eigenvalue weighted by molar-refractivity contribution is 0.207. The molecule has 5 nitrogen and oxygen atoms in total. The van der Waals surface area contributed by atoms with E-state index in [0.717, 1.165) is 38.3 Å². The zero-order chi connectivity index (χ0) is 25.4. The molecule has 0 bridgehead atoms. The molecule has 1 aromatic rings. The van der Waals surface area contributed by atoms with Crippen molar-refractivity contribution in [3.05, 3.63) is 60.3 Å². The van der Waals surface area contributed by atoms with Gasteiger partial charge in [-0.25, -0.2) is 4.98 Å². The average Bonchev–Trinajstić information content (AvgIpc) is 3.27. The van der Waals surface area contributed by atoms with Crippen LogP contribution in [0, 0.1) is 18.8 Å². The van der Waals surface area contributed by atoms with Crippen LogP contribution >= 0.6 is 0 Å². The van der Waals surface area contributed by atoms with E-state index < -0.39 is 0 Å². The topological polar surface area (TPSA) is 66.2 Å². The molecule has 1 aliphatic rings. The molecule has 4 unspecified atom stereocenters. The molecule has 0 aromatic carbocycles. The molecule has 1 fully saturated rings. The van der Waals surface area contributed by atoms with Crippen LogP contribution in [0.5, 0.6) is 0 Å². The van der Waals surface area contributed by atoms with E-state index in [1.165, 1.54) is 11.1 Å². The summed E-state index contributed by atoms with van der Waals surface area (Å²) in [6.07, 6.45) is 6.77. The SMILES string of the molecule is C=C/C=C(\C=C)C(C)C(C)NCCN(C)C1CNCC1Cc1cc(C)cc(N)n1.CC.CC. The molecule has 1 aromatic heterocycles. The molecule has 0 amide bonds. The minimum atomic E-state index is 0.379. The normalized spacial score (nSPS) is 19.6. The number of pyridine rings is 1. The van der Waals surface area contributed by atoms with Gasteiger partial charge in [-0.2, -0.15) is 0 Å². The number of nitrogen functional groups attached to an aromatic ring is 1.